The fourth-order valence-electron chi connectivity index (χ4n) is 3.19. The second-order valence-corrected chi connectivity index (χ2v) is 8.27. The molecule has 0 bridgehead atoms. The van der Waals surface area contributed by atoms with E-state index in [1.165, 1.54) is 10.4 Å². The first-order chi connectivity index (χ1) is 11.5. The van der Waals surface area contributed by atoms with Crippen LogP contribution in [0.2, 0.25) is 5.02 Å². The summed E-state index contributed by atoms with van der Waals surface area (Å²) in [4.78, 5) is 19.5. The molecule has 1 saturated heterocycles. The van der Waals surface area contributed by atoms with E-state index in [4.69, 9.17) is 11.6 Å². The van der Waals surface area contributed by atoms with Crippen molar-refractivity contribution in [3.05, 3.63) is 56.2 Å². The van der Waals surface area contributed by atoms with Crippen LogP contribution in [-0.4, -0.2) is 41.9 Å². The van der Waals surface area contributed by atoms with Crippen LogP contribution in [0.4, 0.5) is 0 Å². The summed E-state index contributed by atoms with van der Waals surface area (Å²) in [5.41, 5.74) is 2.15. The minimum absolute atomic E-state index is 0.185. The molecule has 3 rings (SSSR count). The highest BCUT2D eigenvalue weighted by Crippen LogP contribution is 2.23. The van der Waals surface area contributed by atoms with Gasteiger partial charge in [0.15, 0.2) is 0 Å². The van der Waals surface area contributed by atoms with Crippen LogP contribution in [0.1, 0.15) is 32.1 Å². The van der Waals surface area contributed by atoms with Gasteiger partial charge in [0.1, 0.15) is 0 Å². The summed E-state index contributed by atoms with van der Waals surface area (Å²) in [6, 6.07) is 10.1. The number of halogens is 1. The third kappa shape index (κ3) is 4.18. The Kier molecular flexibility index (Phi) is 5.59. The summed E-state index contributed by atoms with van der Waals surface area (Å²) >= 11 is 7.65. The first-order valence-corrected chi connectivity index (χ1v) is 9.55. The van der Waals surface area contributed by atoms with E-state index in [1.807, 2.05) is 30.0 Å². The zero-order valence-corrected chi connectivity index (χ0v) is 15.8. The fourth-order valence-corrected chi connectivity index (χ4v) is 4.24. The summed E-state index contributed by atoms with van der Waals surface area (Å²) < 4.78 is 0. The molecule has 2 heterocycles. The number of amides is 1. The lowest BCUT2D eigenvalue weighted by atomic mass is 10.2. The highest BCUT2D eigenvalue weighted by atomic mass is 35.5. The first-order valence-electron chi connectivity index (χ1n) is 8.36. The first kappa shape index (κ1) is 17.5. The molecule has 1 fully saturated rings. The lowest BCUT2D eigenvalue weighted by Crippen LogP contribution is -2.35. The van der Waals surface area contributed by atoms with Crippen LogP contribution in [0.3, 0.4) is 0 Å². The molecule has 0 radical (unpaired) electrons. The van der Waals surface area contributed by atoms with Crippen molar-refractivity contribution in [2.45, 2.75) is 26.8 Å². The van der Waals surface area contributed by atoms with Gasteiger partial charge in [0.25, 0.3) is 5.91 Å². The van der Waals surface area contributed by atoms with Crippen LogP contribution < -0.4 is 0 Å². The molecule has 1 amide bonds. The molecule has 0 saturated carbocycles. The average molecular weight is 363 g/mol. The SMILES string of the molecule is Cc1cc(C(=O)N2CCCN(Cc3ccc(Cl)cc3)CC2)c(C)s1. The topological polar surface area (TPSA) is 23.6 Å². The molecule has 2 aromatic rings. The second-order valence-electron chi connectivity index (χ2n) is 6.38. The maximum absolute atomic E-state index is 12.8. The number of aryl methyl sites for hydroxylation is 2. The molecular weight excluding hydrogens is 340 g/mol. The Bertz CT molecular complexity index is 711. The van der Waals surface area contributed by atoms with Crippen LogP contribution in [0.25, 0.3) is 0 Å². The van der Waals surface area contributed by atoms with E-state index in [2.05, 4.69) is 24.0 Å². The number of hydrogen-bond acceptors (Lipinski definition) is 3. The van der Waals surface area contributed by atoms with Crippen molar-refractivity contribution < 1.29 is 4.79 Å². The van der Waals surface area contributed by atoms with Crippen molar-refractivity contribution in [3.8, 4) is 0 Å². The van der Waals surface area contributed by atoms with E-state index >= 15 is 0 Å². The molecule has 0 spiro atoms. The summed E-state index contributed by atoms with van der Waals surface area (Å²) in [6.07, 6.45) is 1.02. The Hall–Kier alpha value is -1.36. The monoisotopic (exact) mass is 362 g/mol. The van der Waals surface area contributed by atoms with Crippen molar-refractivity contribution in [2.75, 3.05) is 26.2 Å². The Morgan fingerprint density at radius 3 is 2.54 bits per heavy atom. The predicted octanol–water partition coefficient (Wildman–Crippen LogP) is 4.37. The molecule has 0 atom stereocenters. The summed E-state index contributed by atoms with van der Waals surface area (Å²) in [7, 11) is 0. The van der Waals surface area contributed by atoms with Gasteiger partial charge in [-0.15, -0.1) is 11.3 Å². The van der Waals surface area contributed by atoms with Crippen LogP contribution in [-0.2, 0) is 6.54 Å². The van der Waals surface area contributed by atoms with Crippen LogP contribution in [0.15, 0.2) is 30.3 Å². The van der Waals surface area contributed by atoms with Crippen molar-refractivity contribution in [1.29, 1.82) is 0 Å². The molecule has 3 nitrogen and oxygen atoms in total. The summed E-state index contributed by atoms with van der Waals surface area (Å²) in [6.45, 7) is 8.58. The van der Waals surface area contributed by atoms with Gasteiger partial charge >= 0.3 is 0 Å². The van der Waals surface area contributed by atoms with E-state index in [1.54, 1.807) is 11.3 Å². The van der Waals surface area contributed by atoms with Gasteiger partial charge in [-0.1, -0.05) is 23.7 Å². The second kappa shape index (κ2) is 7.68. The molecule has 0 unspecified atom stereocenters. The van der Waals surface area contributed by atoms with Crippen LogP contribution in [0, 0.1) is 13.8 Å². The normalized spacial score (nSPS) is 16.2. The predicted molar refractivity (Wildman–Crippen MR) is 101 cm³/mol. The molecule has 0 N–H and O–H groups in total. The third-order valence-electron chi connectivity index (χ3n) is 4.47. The number of carbonyl (C=O) groups excluding carboxylic acids is 1. The van der Waals surface area contributed by atoms with Crippen LogP contribution in [0.5, 0.6) is 0 Å². The molecule has 1 aliphatic rings. The molecule has 1 aliphatic heterocycles. The fraction of sp³-hybridized carbons (Fsp3) is 0.421. The van der Waals surface area contributed by atoms with Gasteiger partial charge < -0.3 is 4.90 Å². The van der Waals surface area contributed by atoms with Crippen molar-refractivity contribution in [2.24, 2.45) is 0 Å². The van der Waals surface area contributed by atoms with Gasteiger partial charge in [0, 0.05) is 47.5 Å². The largest absolute Gasteiger partial charge is 0.337 e. The number of hydrogen-bond donors (Lipinski definition) is 0. The lowest BCUT2D eigenvalue weighted by molar-refractivity contribution is 0.0761. The average Bonchev–Trinajstić information content (AvgIpc) is 2.75. The highest BCUT2D eigenvalue weighted by Gasteiger charge is 2.22. The Morgan fingerprint density at radius 1 is 1.12 bits per heavy atom. The van der Waals surface area contributed by atoms with Gasteiger partial charge in [0.05, 0.1) is 5.56 Å². The quantitative estimate of drug-likeness (QED) is 0.809. The summed E-state index contributed by atoms with van der Waals surface area (Å²) in [5.74, 6) is 0.185. The standard InChI is InChI=1S/C19H23ClN2OS/c1-14-12-18(15(2)24-14)19(23)22-9-3-8-21(10-11-22)13-16-4-6-17(20)7-5-16/h4-7,12H,3,8-11,13H2,1-2H3. The van der Waals surface area contributed by atoms with E-state index in [0.29, 0.717) is 0 Å². The third-order valence-corrected chi connectivity index (χ3v) is 5.68. The smallest absolute Gasteiger partial charge is 0.255 e. The van der Waals surface area contributed by atoms with E-state index in [9.17, 15) is 4.79 Å². The maximum atomic E-state index is 12.8. The van der Waals surface area contributed by atoms with Gasteiger partial charge in [-0.3, -0.25) is 9.69 Å². The van der Waals surface area contributed by atoms with Crippen molar-refractivity contribution in [3.63, 3.8) is 0 Å². The van der Waals surface area contributed by atoms with Gasteiger partial charge in [-0.2, -0.15) is 0 Å². The maximum Gasteiger partial charge on any atom is 0.255 e. The van der Waals surface area contributed by atoms with E-state index in [-0.39, 0.29) is 5.91 Å². The number of benzene rings is 1. The van der Waals surface area contributed by atoms with Crippen molar-refractivity contribution in [1.82, 2.24) is 9.80 Å². The van der Waals surface area contributed by atoms with Crippen LogP contribution >= 0.6 is 22.9 Å². The van der Waals surface area contributed by atoms with Gasteiger partial charge in [-0.05, 0) is 44.0 Å². The number of nitrogens with zero attached hydrogens (tertiary/aromatic N) is 2. The highest BCUT2D eigenvalue weighted by molar-refractivity contribution is 7.12. The van der Waals surface area contributed by atoms with E-state index < -0.39 is 0 Å². The van der Waals surface area contributed by atoms with Crippen molar-refractivity contribution >= 4 is 28.8 Å². The molecule has 5 heteroatoms. The minimum atomic E-state index is 0.185. The number of thiophene rings is 1. The summed E-state index contributed by atoms with van der Waals surface area (Å²) in [5, 5.41) is 0.771. The molecule has 128 valence electrons. The Morgan fingerprint density at radius 2 is 1.88 bits per heavy atom. The molecular formula is C19H23ClN2OS. The molecule has 1 aromatic carbocycles. The minimum Gasteiger partial charge on any atom is -0.337 e. The van der Waals surface area contributed by atoms with E-state index in [0.717, 1.165) is 54.6 Å². The Balaban J connectivity index is 1.61. The zero-order valence-electron chi connectivity index (χ0n) is 14.2. The van der Waals surface area contributed by atoms with Gasteiger partial charge in [0.2, 0.25) is 0 Å². The molecule has 24 heavy (non-hydrogen) atoms. The Labute approximate surface area is 152 Å². The molecule has 0 aliphatic carbocycles. The number of rotatable bonds is 3. The molecule has 1 aromatic heterocycles. The zero-order chi connectivity index (χ0) is 17.1. The van der Waals surface area contributed by atoms with Gasteiger partial charge in [-0.25, -0.2) is 0 Å². The number of carbonyl (C=O) groups is 1. The lowest BCUT2D eigenvalue weighted by Gasteiger charge is -2.22.